The van der Waals surface area contributed by atoms with Gasteiger partial charge in [-0.05, 0) is 26.3 Å². The van der Waals surface area contributed by atoms with E-state index in [0.717, 1.165) is 45.6 Å². The van der Waals surface area contributed by atoms with Crippen LogP contribution in [0.3, 0.4) is 0 Å². The molecule has 1 heterocycles. The summed E-state index contributed by atoms with van der Waals surface area (Å²) in [4.78, 5) is 2.45. The number of hydrogen-bond donors (Lipinski definition) is 2. The molecule has 0 aromatic rings. The van der Waals surface area contributed by atoms with Crippen molar-refractivity contribution >= 4 is 0 Å². The van der Waals surface area contributed by atoms with Crippen LogP contribution in [0.4, 0.5) is 0 Å². The van der Waals surface area contributed by atoms with E-state index < -0.39 is 0 Å². The molecule has 1 rings (SSSR count). The van der Waals surface area contributed by atoms with Crippen LogP contribution in [-0.4, -0.2) is 61.0 Å². The Balaban J connectivity index is 2.33. The minimum Gasteiger partial charge on any atom is -0.394 e. The average Bonchev–Trinajstić information content (AvgIpc) is 2.37. The van der Waals surface area contributed by atoms with Crippen LogP contribution in [0.25, 0.3) is 0 Å². The molecule has 2 atom stereocenters. The molecule has 2 N–H and O–H groups in total. The van der Waals surface area contributed by atoms with Crippen LogP contribution >= 0.6 is 0 Å². The predicted molar refractivity (Wildman–Crippen MR) is 70.3 cm³/mol. The van der Waals surface area contributed by atoms with Crippen molar-refractivity contribution in [3.63, 3.8) is 0 Å². The average molecular weight is 244 g/mol. The molecule has 1 aliphatic rings. The molecule has 0 saturated carbocycles. The molecule has 0 spiro atoms. The second kappa shape index (κ2) is 7.31. The van der Waals surface area contributed by atoms with E-state index in [1.54, 1.807) is 0 Å². The molecule has 0 bridgehead atoms. The van der Waals surface area contributed by atoms with E-state index in [0.29, 0.717) is 6.10 Å². The summed E-state index contributed by atoms with van der Waals surface area (Å²) in [7, 11) is 0. The van der Waals surface area contributed by atoms with Crippen molar-refractivity contribution in [1.29, 1.82) is 0 Å². The van der Waals surface area contributed by atoms with Gasteiger partial charge in [-0.25, -0.2) is 0 Å². The van der Waals surface area contributed by atoms with Gasteiger partial charge < -0.3 is 15.2 Å². The zero-order chi connectivity index (χ0) is 12.7. The van der Waals surface area contributed by atoms with Crippen molar-refractivity contribution in [2.75, 3.05) is 39.4 Å². The maximum Gasteiger partial charge on any atom is 0.0700 e. The van der Waals surface area contributed by atoms with Gasteiger partial charge in [0.2, 0.25) is 0 Å². The normalized spacial score (nSPS) is 25.8. The van der Waals surface area contributed by atoms with Crippen LogP contribution in [0.5, 0.6) is 0 Å². The molecule has 1 saturated heterocycles. The first-order chi connectivity index (χ1) is 8.13. The highest BCUT2D eigenvalue weighted by Crippen LogP contribution is 2.13. The summed E-state index contributed by atoms with van der Waals surface area (Å²) in [6.07, 6.45) is 2.46. The highest BCUT2D eigenvalue weighted by atomic mass is 16.5. The highest BCUT2D eigenvalue weighted by molar-refractivity contribution is 4.84. The summed E-state index contributed by atoms with van der Waals surface area (Å²) in [6, 6.07) is 0. The zero-order valence-electron chi connectivity index (χ0n) is 11.5. The van der Waals surface area contributed by atoms with E-state index in [9.17, 15) is 5.11 Å². The number of ether oxygens (including phenoxy) is 1. The predicted octanol–water partition coefficient (Wildman–Crippen LogP) is 0.848. The Kier molecular flexibility index (Phi) is 6.41. The van der Waals surface area contributed by atoms with Crippen LogP contribution in [0.15, 0.2) is 0 Å². The lowest BCUT2D eigenvalue weighted by Crippen LogP contribution is -2.50. The minimum atomic E-state index is -0.144. The van der Waals surface area contributed by atoms with Gasteiger partial charge in [-0.3, -0.25) is 4.90 Å². The third-order valence-corrected chi connectivity index (χ3v) is 3.61. The van der Waals surface area contributed by atoms with Gasteiger partial charge >= 0.3 is 0 Å². The fourth-order valence-corrected chi connectivity index (χ4v) is 2.29. The van der Waals surface area contributed by atoms with Gasteiger partial charge in [-0.15, -0.1) is 0 Å². The zero-order valence-corrected chi connectivity index (χ0v) is 11.5. The molecule has 4 nitrogen and oxygen atoms in total. The van der Waals surface area contributed by atoms with E-state index >= 15 is 0 Å². The van der Waals surface area contributed by atoms with Gasteiger partial charge in [0, 0.05) is 25.2 Å². The Morgan fingerprint density at radius 2 is 2.24 bits per heavy atom. The standard InChI is InChI=1S/C13H28N2O2/c1-4-12-10-15(8-9-17-12)7-6-13(3,11-16)14-5-2/h12,14,16H,4-11H2,1-3H3. The Labute approximate surface area is 105 Å². The first kappa shape index (κ1) is 14.9. The summed E-state index contributed by atoms with van der Waals surface area (Å²) in [5.41, 5.74) is -0.144. The number of morpholine rings is 1. The van der Waals surface area contributed by atoms with E-state index in [1.807, 2.05) is 0 Å². The van der Waals surface area contributed by atoms with Crippen molar-refractivity contribution in [2.24, 2.45) is 0 Å². The summed E-state index contributed by atoms with van der Waals surface area (Å²) in [5, 5.41) is 12.8. The molecule has 17 heavy (non-hydrogen) atoms. The van der Waals surface area contributed by atoms with E-state index in [2.05, 4.69) is 31.0 Å². The van der Waals surface area contributed by atoms with Crippen molar-refractivity contribution < 1.29 is 9.84 Å². The molecular weight excluding hydrogens is 216 g/mol. The Hall–Kier alpha value is -0.160. The summed E-state index contributed by atoms with van der Waals surface area (Å²) < 4.78 is 5.66. The van der Waals surface area contributed by atoms with Crippen molar-refractivity contribution in [2.45, 2.75) is 45.3 Å². The lowest BCUT2D eigenvalue weighted by Gasteiger charge is -2.36. The first-order valence-electron chi connectivity index (χ1n) is 6.83. The molecule has 4 heteroatoms. The lowest BCUT2D eigenvalue weighted by molar-refractivity contribution is -0.0325. The fraction of sp³-hybridized carbons (Fsp3) is 1.00. The maximum atomic E-state index is 9.44. The second-order valence-corrected chi connectivity index (χ2v) is 5.20. The number of aliphatic hydroxyl groups is 1. The number of rotatable bonds is 7. The molecule has 0 radical (unpaired) electrons. The molecule has 0 aromatic carbocycles. The molecule has 0 amide bonds. The number of nitrogens with zero attached hydrogens (tertiary/aromatic N) is 1. The van der Waals surface area contributed by atoms with Gasteiger partial charge in [0.1, 0.15) is 0 Å². The van der Waals surface area contributed by atoms with E-state index in [4.69, 9.17) is 4.74 Å². The van der Waals surface area contributed by atoms with Gasteiger partial charge in [-0.2, -0.15) is 0 Å². The number of nitrogens with one attached hydrogen (secondary N) is 1. The van der Waals surface area contributed by atoms with Crippen LogP contribution in [0.2, 0.25) is 0 Å². The van der Waals surface area contributed by atoms with Crippen molar-refractivity contribution in [1.82, 2.24) is 10.2 Å². The van der Waals surface area contributed by atoms with Gasteiger partial charge in [0.25, 0.3) is 0 Å². The SMILES string of the molecule is CCNC(C)(CO)CCN1CCOC(CC)C1. The fourth-order valence-electron chi connectivity index (χ4n) is 2.29. The van der Waals surface area contributed by atoms with Gasteiger partial charge in [-0.1, -0.05) is 13.8 Å². The molecule has 0 aliphatic carbocycles. The molecule has 0 aromatic heterocycles. The molecule has 1 fully saturated rings. The largest absolute Gasteiger partial charge is 0.394 e. The highest BCUT2D eigenvalue weighted by Gasteiger charge is 2.25. The van der Waals surface area contributed by atoms with Gasteiger partial charge in [0.15, 0.2) is 0 Å². The van der Waals surface area contributed by atoms with Crippen molar-refractivity contribution in [3.8, 4) is 0 Å². The maximum absolute atomic E-state index is 9.44. The molecule has 1 aliphatic heterocycles. The van der Waals surface area contributed by atoms with E-state index in [1.165, 1.54) is 0 Å². The summed E-state index contributed by atoms with van der Waals surface area (Å²) >= 11 is 0. The summed E-state index contributed by atoms with van der Waals surface area (Å²) in [5.74, 6) is 0. The third kappa shape index (κ3) is 4.92. The third-order valence-electron chi connectivity index (χ3n) is 3.61. The van der Waals surface area contributed by atoms with Crippen LogP contribution in [0.1, 0.15) is 33.6 Å². The molecular formula is C13H28N2O2. The van der Waals surface area contributed by atoms with Crippen LogP contribution < -0.4 is 5.32 Å². The van der Waals surface area contributed by atoms with Crippen LogP contribution in [-0.2, 0) is 4.74 Å². The number of likely N-dealkylation sites (N-methyl/N-ethyl adjacent to an activating group) is 1. The topological polar surface area (TPSA) is 44.7 Å². The summed E-state index contributed by atoms with van der Waals surface area (Å²) in [6.45, 7) is 11.4. The Bertz CT molecular complexity index is 214. The number of hydrogen-bond acceptors (Lipinski definition) is 4. The number of aliphatic hydroxyl groups excluding tert-OH is 1. The monoisotopic (exact) mass is 244 g/mol. The Morgan fingerprint density at radius 3 is 2.82 bits per heavy atom. The minimum absolute atomic E-state index is 0.144. The van der Waals surface area contributed by atoms with E-state index in [-0.39, 0.29) is 12.1 Å². The second-order valence-electron chi connectivity index (χ2n) is 5.20. The lowest BCUT2D eigenvalue weighted by atomic mass is 9.98. The first-order valence-corrected chi connectivity index (χ1v) is 6.83. The molecule has 102 valence electrons. The smallest absolute Gasteiger partial charge is 0.0700 e. The quantitative estimate of drug-likeness (QED) is 0.697. The van der Waals surface area contributed by atoms with Crippen LogP contribution in [0, 0.1) is 0 Å². The van der Waals surface area contributed by atoms with Crippen molar-refractivity contribution in [3.05, 3.63) is 0 Å². The Morgan fingerprint density at radius 1 is 1.47 bits per heavy atom. The van der Waals surface area contributed by atoms with Gasteiger partial charge in [0.05, 0.1) is 19.3 Å². The molecule has 2 unspecified atom stereocenters.